The third-order valence-corrected chi connectivity index (χ3v) is 2.26. The predicted molar refractivity (Wildman–Crippen MR) is 61.5 cm³/mol. The van der Waals surface area contributed by atoms with E-state index in [1.165, 1.54) is 0 Å². The SMILES string of the molecule is CC(C)(C)N(O)C(=S)c1ccccc1. The minimum Gasteiger partial charge on any atom is -0.287 e. The van der Waals surface area contributed by atoms with E-state index in [4.69, 9.17) is 12.2 Å². The van der Waals surface area contributed by atoms with E-state index in [0.29, 0.717) is 4.99 Å². The van der Waals surface area contributed by atoms with Crippen molar-refractivity contribution in [3.05, 3.63) is 35.9 Å². The van der Waals surface area contributed by atoms with Crippen molar-refractivity contribution < 1.29 is 5.21 Å². The molecule has 1 aromatic rings. The van der Waals surface area contributed by atoms with E-state index in [1.54, 1.807) is 0 Å². The Morgan fingerprint density at radius 3 is 2.14 bits per heavy atom. The second kappa shape index (κ2) is 4.07. The zero-order valence-electron chi connectivity index (χ0n) is 8.69. The van der Waals surface area contributed by atoms with Crippen LogP contribution in [0.1, 0.15) is 26.3 Å². The number of hydrogen-bond donors (Lipinski definition) is 1. The molecule has 76 valence electrons. The van der Waals surface area contributed by atoms with Gasteiger partial charge in [0.25, 0.3) is 0 Å². The highest BCUT2D eigenvalue weighted by molar-refractivity contribution is 7.80. The van der Waals surface area contributed by atoms with Crippen LogP contribution in [-0.4, -0.2) is 20.8 Å². The molecule has 0 saturated heterocycles. The van der Waals surface area contributed by atoms with Crippen molar-refractivity contribution in [3.8, 4) is 0 Å². The van der Waals surface area contributed by atoms with Crippen LogP contribution in [-0.2, 0) is 0 Å². The Balaban J connectivity index is 2.87. The third kappa shape index (κ3) is 2.53. The third-order valence-electron chi connectivity index (χ3n) is 1.85. The Hall–Kier alpha value is -0.930. The summed E-state index contributed by atoms with van der Waals surface area (Å²) in [4.78, 5) is 0.457. The Kier molecular flexibility index (Phi) is 3.24. The molecule has 3 heteroatoms. The molecule has 0 heterocycles. The molecule has 1 N–H and O–H groups in total. The van der Waals surface area contributed by atoms with Gasteiger partial charge in [-0.05, 0) is 20.8 Å². The quantitative estimate of drug-likeness (QED) is 0.568. The molecule has 0 fully saturated rings. The maximum absolute atomic E-state index is 9.80. The van der Waals surface area contributed by atoms with Gasteiger partial charge in [0.2, 0.25) is 0 Å². The van der Waals surface area contributed by atoms with Crippen LogP contribution in [0.5, 0.6) is 0 Å². The molecule has 0 aliphatic carbocycles. The number of nitrogens with zero attached hydrogens (tertiary/aromatic N) is 1. The van der Waals surface area contributed by atoms with Crippen molar-refractivity contribution in [2.24, 2.45) is 0 Å². The highest BCUT2D eigenvalue weighted by Crippen LogP contribution is 2.15. The number of thiocarbonyl (C=S) groups is 1. The van der Waals surface area contributed by atoms with Crippen LogP contribution in [0.25, 0.3) is 0 Å². The first kappa shape index (κ1) is 11.1. The lowest BCUT2D eigenvalue weighted by Gasteiger charge is -2.31. The molecule has 0 aromatic heterocycles. The fraction of sp³-hybridized carbons (Fsp3) is 0.364. The van der Waals surface area contributed by atoms with Crippen molar-refractivity contribution in [1.29, 1.82) is 0 Å². The van der Waals surface area contributed by atoms with Crippen LogP contribution >= 0.6 is 12.2 Å². The van der Waals surface area contributed by atoms with E-state index < -0.39 is 0 Å². The lowest BCUT2D eigenvalue weighted by Crippen LogP contribution is -2.42. The maximum Gasteiger partial charge on any atom is 0.134 e. The molecular weight excluding hydrogens is 194 g/mol. The first-order valence-electron chi connectivity index (χ1n) is 4.51. The molecule has 1 rings (SSSR count). The van der Waals surface area contributed by atoms with Crippen LogP contribution in [0.2, 0.25) is 0 Å². The van der Waals surface area contributed by atoms with E-state index in [1.807, 2.05) is 51.1 Å². The highest BCUT2D eigenvalue weighted by Gasteiger charge is 2.22. The van der Waals surface area contributed by atoms with Crippen molar-refractivity contribution in [3.63, 3.8) is 0 Å². The van der Waals surface area contributed by atoms with E-state index in [2.05, 4.69) is 0 Å². The molecule has 0 bridgehead atoms. The average molecular weight is 209 g/mol. The summed E-state index contributed by atoms with van der Waals surface area (Å²) in [7, 11) is 0. The fourth-order valence-electron chi connectivity index (χ4n) is 1.01. The van der Waals surface area contributed by atoms with Gasteiger partial charge in [0.1, 0.15) is 4.99 Å². The van der Waals surface area contributed by atoms with Crippen molar-refractivity contribution in [1.82, 2.24) is 5.06 Å². The monoisotopic (exact) mass is 209 g/mol. The summed E-state index contributed by atoms with van der Waals surface area (Å²) < 4.78 is 0. The average Bonchev–Trinajstić information content (AvgIpc) is 2.15. The number of hydrogen-bond acceptors (Lipinski definition) is 2. The van der Waals surface area contributed by atoms with Gasteiger partial charge in [0.05, 0.1) is 5.54 Å². The minimum atomic E-state index is -0.368. The minimum absolute atomic E-state index is 0.368. The molecule has 0 spiro atoms. The highest BCUT2D eigenvalue weighted by atomic mass is 32.1. The van der Waals surface area contributed by atoms with Crippen LogP contribution in [0.15, 0.2) is 30.3 Å². The van der Waals surface area contributed by atoms with Gasteiger partial charge in [-0.2, -0.15) is 0 Å². The lowest BCUT2D eigenvalue weighted by molar-refractivity contribution is -0.0815. The molecule has 0 amide bonds. The van der Waals surface area contributed by atoms with Crippen molar-refractivity contribution in [2.75, 3.05) is 0 Å². The van der Waals surface area contributed by atoms with Gasteiger partial charge in [-0.15, -0.1) is 0 Å². The molecule has 0 aliphatic heterocycles. The number of benzene rings is 1. The summed E-state index contributed by atoms with van der Waals surface area (Å²) in [6, 6.07) is 9.50. The van der Waals surface area contributed by atoms with Crippen LogP contribution < -0.4 is 0 Å². The molecule has 0 atom stereocenters. The zero-order chi connectivity index (χ0) is 10.8. The normalized spacial score (nSPS) is 11.1. The van der Waals surface area contributed by atoms with Gasteiger partial charge in [0, 0.05) is 5.56 Å². The summed E-state index contributed by atoms with van der Waals surface area (Å²) in [6.07, 6.45) is 0. The summed E-state index contributed by atoms with van der Waals surface area (Å²) >= 11 is 5.17. The van der Waals surface area contributed by atoms with Gasteiger partial charge in [-0.25, -0.2) is 5.06 Å². The summed E-state index contributed by atoms with van der Waals surface area (Å²) in [5.41, 5.74) is 0.493. The number of rotatable bonds is 1. The molecule has 0 saturated carbocycles. The Labute approximate surface area is 90.1 Å². The first-order chi connectivity index (χ1) is 6.43. The van der Waals surface area contributed by atoms with Gasteiger partial charge in [-0.1, -0.05) is 42.5 Å². The first-order valence-corrected chi connectivity index (χ1v) is 4.92. The predicted octanol–water partition coefficient (Wildman–Crippen LogP) is 2.85. The smallest absolute Gasteiger partial charge is 0.134 e. The van der Waals surface area contributed by atoms with E-state index in [0.717, 1.165) is 10.6 Å². The molecule has 1 aromatic carbocycles. The summed E-state index contributed by atoms with van der Waals surface area (Å²) in [5, 5.41) is 10.9. The molecular formula is C11H15NOS. The topological polar surface area (TPSA) is 23.5 Å². The van der Waals surface area contributed by atoms with Crippen molar-refractivity contribution >= 4 is 17.2 Å². The summed E-state index contributed by atoms with van der Waals surface area (Å²) in [5.74, 6) is 0. The van der Waals surface area contributed by atoms with Crippen LogP contribution in [0, 0.1) is 0 Å². The molecule has 14 heavy (non-hydrogen) atoms. The van der Waals surface area contributed by atoms with E-state index >= 15 is 0 Å². The second-order valence-electron chi connectivity index (χ2n) is 4.15. The largest absolute Gasteiger partial charge is 0.287 e. The lowest BCUT2D eigenvalue weighted by atomic mass is 10.1. The zero-order valence-corrected chi connectivity index (χ0v) is 9.51. The maximum atomic E-state index is 9.80. The van der Waals surface area contributed by atoms with Gasteiger partial charge in [-0.3, -0.25) is 5.21 Å². The molecule has 0 aliphatic rings. The Morgan fingerprint density at radius 2 is 1.71 bits per heavy atom. The van der Waals surface area contributed by atoms with Crippen molar-refractivity contribution in [2.45, 2.75) is 26.3 Å². The molecule has 0 radical (unpaired) electrons. The Morgan fingerprint density at radius 1 is 1.21 bits per heavy atom. The van der Waals surface area contributed by atoms with E-state index in [-0.39, 0.29) is 5.54 Å². The summed E-state index contributed by atoms with van der Waals surface area (Å²) in [6.45, 7) is 5.72. The Bertz CT molecular complexity index is 316. The van der Waals surface area contributed by atoms with Gasteiger partial charge >= 0.3 is 0 Å². The second-order valence-corrected chi connectivity index (χ2v) is 4.54. The van der Waals surface area contributed by atoms with Crippen LogP contribution in [0.4, 0.5) is 0 Å². The number of hydroxylamine groups is 2. The van der Waals surface area contributed by atoms with Gasteiger partial charge < -0.3 is 0 Å². The molecule has 2 nitrogen and oxygen atoms in total. The standard InChI is InChI=1S/C11H15NOS/c1-11(2,3)12(13)10(14)9-7-5-4-6-8-9/h4-8,13H,1-3H3. The fourth-order valence-corrected chi connectivity index (χ4v) is 1.42. The van der Waals surface area contributed by atoms with Gasteiger partial charge in [0.15, 0.2) is 0 Å². The molecule has 0 unspecified atom stereocenters. The van der Waals surface area contributed by atoms with E-state index in [9.17, 15) is 5.21 Å². The van der Waals surface area contributed by atoms with Crippen LogP contribution in [0.3, 0.4) is 0 Å².